The summed E-state index contributed by atoms with van der Waals surface area (Å²) in [5, 5.41) is 12.7. The number of nitrogens with one attached hydrogen (secondary N) is 2. The van der Waals surface area contributed by atoms with Crippen molar-refractivity contribution < 1.29 is 9.59 Å². The summed E-state index contributed by atoms with van der Waals surface area (Å²) in [6.45, 7) is 11.3. The number of carbonyl (C=O) groups is 2. The number of fused-ring (bicyclic) bond motifs is 1. The van der Waals surface area contributed by atoms with Gasteiger partial charge in [-0.1, -0.05) is 20.8 Å². The summed E-state index contributed by atoms with van der Waals surface area (Å²) in [6.07, 6.45) is 5.09. The van der Waals surface area contributed by atoms with Gasteiger partial charge >= 0.3 is 0 Å². The predicted molar refractivity (Wildman–Crippen MR) is 129 cm³/mol. The maximum atomic E-state index is 13.4. The lowest BCUT2D eigenvalue weighted by molar-refractivity contribution is -0.119. The first kappa shape index (κ1) is 23.2. The molecule has 0 aromatic carbocycles. The molecule has 1 aliphatic rings. The van der Waals surface area contributed by atoms with Crippen LogP contribution in [-0.2, 0) is 4.79 Å². The van der Waals surface area contributed by atoms with Crippen LogP contribution >= 0.6 is 11.3 Å². The van der Waals surface area contributed by atoms with Gasteiger partial charge in [-0.05, 0) is 25.2 Å². The fourth-order valence-electron chi connectivity index (χ4n) is 3.75. The summed E-state index contributed by atoms with van der Waals surface area (Å²) in [6, 6.07) is 1.98. The average Bonchev–Trinajstić information content (AvgIpc) is 3.36. The van der Waals surface area contributed by atoms with Crippen LogP contribution in [0, 0.1) is 5.41 Å². The largest absolute Gasteiger partial charge is 0.367 e. The summed E-state index contributed by atoms with van der Waals surface area (Å²) < 4.78 is 1.79. The number of likely N-dealkylation sites (tertiary alicyclic amines) is 1. The fourth-order valence-corrected chi connectivity index (χ4v) is 4.54. The molecular formula is C23H31N7O2S. The second kappa shape index (κ2) is 9.09. The number of amides is 2. The Morgan fingerprint density at radius 3 is 2.61 bits per heavy atom. The zero-order valence-corrected chi connectivity index (χ0v) is 20.6. The normalized spacial score (nSPS) is 16.1. The lowest BCUT2D eigenvalue weighted by Gasteiger charge is -2.32. The van der Waals surface area contributed by atoms with E-state index < -0.39 is 0 Å². The van der Waals surface area contributed by atoms with Gasteiger partial charge < -0.3 is 15.5 Å². The van der Waals surface area contributed by atoms with Crippen molar-refractivity contribution in [1.29, 1.82) is 0 Å². The zero-order valence-electron chi connectivity index (χ0n) is 19.8. The number of nitrogens with zero attached hydrogens (tertiary/aromatic N) is 5. The smallest absolute Gasteiger partial charge is 0.272 e. The first-order valence-corrected chi connectivity index (χ1v) is 12.1. The van der Waals surface area contributed by atoms with Crippen LogP contribution in [0.5, 0.6) is 0 Å². The number of thiazole rings is 1. The molecule has 2 N–H and O–H groups in total. The van der Waals surface area contributed by atoms with Crippen LogP contribution in [0.3, 0.4) is 0 Å². The molecule has 0 aliphatic carbocycles. The topological polar surface area (TPSA) is 105 Å². The average molecular weight is 470 g/mol. The Balaban J connectivity index is 1.64. The van der Waals surface area contributed by atoms with Gasteiger partial charge in [0.1, 0.15) is 16.3 Å². The minimum Gasteiger partial charge on any atom is -0.367 e. The van der Waals surface area contributed by atoms with Crippen LogP contribution in [0.2, 0.25) is 0 Å². The molecule has 0 radical (unpaired) electrons. The van der Waals surface area contributed by atoms with E-state index in [-0.39, 0.29) is 29.3 Å². The molecule has 9 nitrogen and oxygen atoms in total. The highest BCUT2D eigenvalue weighted by molar-refractivity contribution is 7.16. The number of aromatic nitrogens is 4. The Labute approximate surface area is 197 Å². The highest BCUT2D eigenvalue weighted by Crippen LogP contribution is 2.28. The van der Waals surface area contributed by atoms with Gasteiger partial charge in [-0.15, -0.1) is 11.3 Å². The van der Waals surface area contributed by atoms with Crippen molar-refractivity contribution in [2.24, 2.45) is 5.41 Å². The molecule has 3 aromatic rings. The second-order valence-electron chi connectivity index (χ2n) is 9.67. The molecule has 1 aliphatic heterocycles. The third-order valence-electron chi connectivity index (χ3n) is 6.17. The van der Waals surface area contributed by atoms with E-state index >= 15 is 0 Å². The molecule has 10 heteroatoms. The molecule has 0 spiro atoms. The zero-order chi connectivity index (χ0) is 23.8. The first-order chi connectivity index (χ1) is 15.6. The molecular weight excluding hydrogens is 438 g/mol. The van der Waals surface area contributed by atoms with E-state index in [4.69, 9.17) is 4.98 Å². The van der Waals surface area contributed by atoms with E-state index in [1.807, 2.05) is 11.6 Å². The van der Waals surface area contributed by atoms with Gasteiger partial charge in [0.2, 0.25) is 5.91 Å². The Bertz CT molecular complexity index is 1160. The van der Waals surface area contributed by atoms with Crippen molar-refractivity contribution in [3.63, 3.8) is 0 Å². The lowest BCUT2D eigenvalue weighted by atomic mass is 9.88. The molecule has 4 heterocycles. The molecule has 1 unspecified atom stereocenters. The van der Waals surface area contributed by atoms with Gasteiger partial charge in [-0.2, -0.15) is 5.10 Å². The third kappa shape index (κ3) is 5.16. The fraction of sp³-hybridized carbons (Fsp3) is 0.522. The highest BCUT2D eigenvalue weighted by atomic mass is 32.1. The molecule has 1 atom stereocenters. The quantitative estimate of drug-likeness (QED) is 0.593. The predicted octanol–water partition coefficient (Wildman–Crippen LogP) is 3.44. The number of rotatable bonds is 5. The molecule has 1 fully saturated rings. The molecule has 4 rings (SSSR count). The summed E-state index contributed by atoms with van der Waals surface area (Å²) in [4.78, 5) is 36.9. The van der Waals surface area contributed by atoms with E-state index in [0.29, 0.717) is 30.4 Å². The lowest BCUT2D eigenvalue weighted by Crippen LogP contribution is -2.46. The van der Waals surface area contributed by atoms with Gasteiger partial charge in [-0.3, -0.25) is 9.59 Å². The highest BCUT2D eigenvalue weighted by Gasteiger charge is 2.27. The van der Waals surface area contributed by atoms with Crippen molar-refractivity contribution in [3.05, 3.63) is 29.5 Å². The SMILES string of the molecule is CC(=O)NC1CCN(C(=O)c2cc(NC(C)C(C)(C)C)nc(-c3cnn4ccsc34)n2)CC1. The third-order valence-corrected chi connectivity index (χ3v) is 7.06. The number of anilines is 1. The molecule has 2 amide bonds. The maximum Gasteiger partial charge on any atom is 0.272 e. The number of piperidine rings is 1. The van der Waals surface area contributed by atoms with E-state index in [0.717, 1.165) is 23.2 Å². The van der Waals surface area contributed by atoms with Crippen LogP contribution in [0.1, 0.15) is 57.9 Å². The van der Waals surface area contributed by atoms with Gasteiger partial charge in [0.25, 0.3) is 5.91 Å². The summed E-state index contributed by atoms with van der Waals surface area (Å²) in [5.74, 6) is 0.941. The summed E-state index contributed by atoms with van der Waals surface area (Å²) >= 11 is 1.56. The van der Waals surface area contributed by atoms with Crippen molar-refractivity contribution in [3.8, 4) is 11.4 Å². The van der Waals surface area contributed by atoms with E-state index in [1.165, 1.54) is 6.92 Å². The van der Waals surface area contributed by atoms with Crippen molar-refractivity contribution >= 4 is 33.8 Å². The standard InChI is InChI=1S/C23H31N7O2S/c1-14(23(3,4)5)25-19-12-18(21(32)29-8-6-16(7-9-29)26-15(2)31)27-20(28-19)17-13-24-30-10-11-33-22(17)30/h10-14,16H,6-9H2,1-5H3,(H,26,31)(H,25,27,28). The van der Waals surface area contributed by atoms with Crippen LogP contribution in [0.15, 0.2) is 23.8 Å². The number of hydrogen-bond acceptors (Lipinski definition) is 7. The van der Waals surface area contributed by atoms with Crippen molar-refractivity contribution in [1.82, 2.24) is 29.8 Å². The van der Waals surface area contributed by atoms with Gasteiger partial charge in [0.15, 0.2) is 5.82 Å². The first-order valence-electron chi connectivity index (χ1n) is 11.2. The van der Waals surface area contributed by atoms with Crippen molar-refractivity contribution in [2.75, 3.05) is 18.4 Å². The molecule has 0 saturated carbocycles. The van der Waals surface area contributed by atoms with Crippen LogP contribution in [0.25, 0.3) is 16.2 Å². The van der Waals surface area contributed by atoms with E-state index in [1.54, 1.807) is 33.0 Å². The monoisotopic (exact) mass is 469 g/mol. The Kier molecular flexibility index (Phi) is 6.38. The number of carbonyl (C=O) groups excluding carboxylic acids is 2. The Hall–Kier alpha value is -3.01. The Morgan fingerprint density at radius 1 is 1.21 bits per heavy atom. The molecule has 176 valence electrons. The van der Waals surface area contributed by atoms with Gasteiger partial charge in [-0.25, -0.2) is 14.5 Å². The minimum atomic E-state index is -0.124. The summed E-state index contributed by atoms with van der Waals surface area (Å²) in [7, 11) is 0. The van der Waals surface area contributed by atoms with E-state index in [2.05, 4.69) is 48.4 Å². The molecule has 1 saturated heterocycles. The molecule has 3 aromatic heterocycles. The minimum absolute atomic E-state index is 0.0135. The maximum absolute atomic E-state index is 13.4. The van der Waals surface area contributed by atoms with E-state index in [9.17, 15) is 9.59 Å². The molecule has 33 heavy (non-hydrogen) atoms. The van der Waals surface area contributed by atoms with Gasteiger partial charge in [0, 0.05) is 49.7 Å². The molecule has 0 bridgehead atoms. The van der Waals surface area contributed by atoms with Crippen molar-refractivity contribution in [2.45, 2.75) is 59.5 Å². The van der Waals surface area contributed by atoms with Gasteiger partial charge in [0.05, 0.1) is 11.8 Å². The Morgan fingerprint density at radius 2 is 1.94 bits per heavy atom. The second-order valence-corrected chi connectivity index (χ2v) is 10.6. The van der Waals surface area contributed by atoms with Crippen LogP contribution in [-0.4, -0.2) is 61.5 Å². The van der Waals surface area contributed by atoms with Crippen LogP contribution < -0.4 is 10.6 Å². The van der Waals surface area contributed by atoms with Crippen LogP contribution in [0.4, 0.5) is 5.82 Å². The summed E-state index contributed by atoms with van der Waals surface area (Å²) in [5.41, 5.74) is 1.17. The number of hydrogen-bond donors (Lipinski definition) is 2.